The third kappa shape index (κ3) is 3.99. The maximum absolute atomic E-state index is 12.9. The highest BCUT2D eigenvalue weighted by Gasteiger charge is 2.52. The lowest BCUT2D eigenvalue weighted by atomic mass is 9.84. The molecule has 8 heteroatoms. The molecule has 0 radical (unpaired) electrons. The number of benzene rings is 1. The van der Waals surface area contributed by atoms with Gasteiger partial charge in [0.05, 0.1) is 11.0 Å². The maximum atomic E-state index is 12.9. The molecule has 2 heterocycles. The van der Waals surface area contributed by atoms with Crippen molar-refractivity contribution in [3.05, 3.63) is 29.8 Å². The highest BCUT2D eigenvalue weighted by atomic mass is 19.4. The summed E-state index contributed by atoms with van der Waals surface area (Å²) >= 11 is 0. The third-order valence-corrected chi connectivity index (χ3v) is 6.60. The number of likely N-dealkylation sites (tertiary alicyclic amines) is 1. The van der Waals surface area contributed by atoms with Crippen LogP contribution in [0.1, 0.15) is 37.7 Å². The van der Waals surface area contributed by atoms with Gasteiger partial charge in [-0.25, -0.2) is 0 Å². The van der Waals surface area contributed by atoms with Crippen LogP contribution in [0, 0.1) is 5.41 Å². The van der Waals surface area contributed by atoms with E-state index in [2.05, 4.69) is 4.90 Å². The third-order valence-electron chi connectivity index (χ3n) is 6.60. The summed E-state index contributed by atoms with van der Waals surface area (Å²) < 4.78 is 38.8. The Morgan fingerprint density at radius 1 is 0.966 bits per heavy atom. The molecule has 1 aromatic carbocycles. The molecule has 0 aromatic heterocycles. The Hall–Kier alpha value is -2.09. The van der Waals surface area contributed by atoms with Crippen molar-refractivity contribution < 1.29 is 22.8 Å². The molecule has 3 fully saturated rings. The van der Waals surface area contributed by atoms with Crippen LogP contribution in [0.3, 0.4) is 0 Å². The van der Waals surface area contributed by atoms with E-state index in [9.17, 15) is 22.8 Å². The molecule has 2 saturated heterocycles. The van der Waals surface area contributed by atoms with Gasteiger partial charge in [-0.2, -0.15) is 13.2 Å². The number of hydrogen-bond acceptors (Lipinski definition) is 4. The van der Waals surface area contributed by atoms with Crippen molar-refractivity contribution in [1.29, 1.82) is 0 Å². The molecule has 1 spiro atoms. The molecule has 2 aliphatic heterocycles. The van der Waals surface area contributed by atoms with Gasteiger partial charge in [0.15, 0.2) is 0 Å². The van der Waals surface area contributed by atoms with Crippen LogP contribution in [0.5, 0.6) is 0 Å². The summed E-state index contributed by atoms with van der Waals surface area (Å²) in [7, 11) is 0. The summed E-state index contributed by atoms with van der Waals surface area (Å²) in [4.78, 5) is 30.7. The Morgan fingerprint density at radius 2 is 1.66 bits per heavy atom. The van der Waals surface area contributed by atoms with Crippen LogP contribution in [-0.4, -0.2) is 60.9 Å². The number of carbonyl (C=O) groups excluding carboxylic acids is 2. The van der Waals surface area contributed by atoms with Crippen LogP contribution < -0.4 is 4.90 Å². The van der Waals surface area contributed by atoms with Gasteiger partial charge in [0.25, 0.3) is 0 Å². The first-order valence-corrected chi connectivity index (χ1v) is 10.3. The number of halogens is 3. The molecule has 29 heavy (non-hydrogen) atoms. The van der Waals surface area contributed by atoms with Crippen molar-refractivity contribution in [3.63, 3.8) is 0 Å². The predicted molar refractivity (Wildman–Crippen MR) is 102 cm³/mol. The van der Waals surface area contributed by atoms with Gasteiger partial charge in [0.2, 0.25) is 11.8 Å². The topological polar surface area (TPSA) is 43.9 Å². The summed E-state index contributed by atoms with van der Waals surface area (Å²) in [6.07, 6.45) is -0.305. The minimum atomic E-state index is -4.34. The molecule has 1 aromatic rings. The molecule has 0 unspecified atom stereocenters. The SMILES string of the molecule is O=C1CC2(CCCC2)C(=O)N1CCN1CCN(c2cccc(C(F)(F)F)c2)CC1. The number of hydrogen-bond donors (Lipinski definition) is 0. The summed E-state index contributed by atoms with van der Waals surface area (Å²) in [5.74, 6) is -0.0536. The zero-order valence-electron chi connectivity index (χ0n) is 16.4. The highest BCUT2D eigenvalue weighted by molar-refractivity contribution is 6.06. The molecule has 0 bridgehead atoms. The fourth-order valence-electron chi connectivity index (χ4n) is 4.88. The van der Waals surface area contributed by atoms with Crippen molar-refractivity contribution in [3.8, 4) is 0 Å². The number of piperazine rings is 1. The Bertz CT molecular complexity index is 782. The second-order valence-electron chi connectivity index (χ2n) is 8.39. The summed E-state index contributed by atoms with van der Waals surface area (Å²) in [6.45, 7) is 3.64. The zero-order chi connectivity index (χ0) is 20.6. The van der Waals surface area contributed by atoms with Gasteiger partial charge >= 0.3 is 6.18 Å². The number of nitrogens with zero attached hydrogens (tertiary/aromatic N) is 3. The van der Waals surface area contributed by atoms with Crippen LogP contribution in [0.4, 0.5) is 18.9 Å². The first-order chi connectivity index (χ1) is 13.8. The van der Waals surface area contributed by atoms with Crippen LogP contribution in [0.25, 0.3) is 0 Å². The molecule has 3 aliphatic rings. The largest absolute Gasteiger partial charge is 0.416 e. The molecular weight excluding hydrogens is 383 g/mol. The summed E-state index contributed by atoms with van der Waals surface area (Å²) in [5.41, 5.74) is -0.490. The first kappa shape index (κ1) is 20.2. The molecule has 1 aliphatic carbocycles. The maximum Gasteiger partial charge on any atom is 0.416 e. The molecular formula is C21H26F3N3O2. The molecule has 0 atom stereocenters. The van der Waals surface area contributed by atoms with Crippen LogP contribution in [0.15, 0.2) is 24.3 Å². The standard InChI is InChI=1S/C21H26F3N3O2/c22-21(23,24)16-4-3-5-17(14-16)26-11-8-25(9-12-26)10-13-27-18(28)15-20(19(27)29)6-1-2-7-20/h3-5,14H,1-2,6-13,15H2. The van der Waals surface area contributed by atoms with Crippen molar-refractivity contribution >= 4 is 17.5 Å². The quantitative estimate of drug-likeness (QED) is 0.717. The van der Waals surface area contributed by atoms with E-state index in [1.54, 1.807) is 6.07 Å². The first-order valence-electron chi connectivity index (χ1n) is 10.3. The van der Waals surface area contributed by atoms with E-state index in [0.717, 1.165) is 31.7 Å². The Labute approximate surface area is 168 Å². The second-order valence-corrected chi connectivity index (χ2v) is 8.39. The number of rotatable bonds is 4. The van der Waals surface area contributed by atoms with Crippen molar-refractivity contribution in [2.45, 2.75) is 38.3 Å². The molecule has 1 saturated carbocycles. The molecule has 2 amide bonds. The normalized spacial score (nSPS) is 22.9. The molecule has 5 nitrogen and oxygen atoms in total. The van der Waals surface area contributed by atoms with Crippen LogP contribution in [-0.2, 0) is 15.8 Å². The Balaban J connectivity index is 1.30. The predicted octanol–water partition coefficient (Wildman–Crippen LogP) is 3.15. The minimum Gasteiger partial charge on any atom is -0.369 e. The van der Waals surface area contributed by atoms with Gasteiger partial charge in [0, 0.05) is 51.4 Å². The number of imide groups is 1. The van der Waals surface area contributed by atoms with E-state index in [1.807, 2.05) is 4.90 Å². The van der Waals surface area contributed by atoms with Gasteiger partial charge in [-0.1, -0.05) is 18.9 Å². The van der Waals surface area contributed by atoms with E-state index < -0.39 is 17.2 Å². The number of alkyl halides is 3. The smallest absolute Gasteiger partial charge is 0.369 e. The van der Waals surface area contributed by atoms with E-state index >= 15 is 0 Å². The summed E-state index contributed by atoms with van der Waals surface area (Å²) in [5, 5.41) is 0. The summed E-state index contributed by atoms with van der Waals surface area (Å²) in [6, 6.07) is 5.42. The van der Waals surface area contributed by atoms with Gasteiger partial charge in [0.1, 0.15) is 0 Å². The average molecular weight is 409 g/mol. The molecule has 4 rings (SSSR count). The van der Waals surface area contributed by atoms with Gasteiger partial charge < -0.3 is 4.90 Å². The van der Waals surface area contributed by atoms with Crippen LogP contribution >= 0.6 is 0 Å². The Kier molecular flexibility index (Phi) is 5.31. The minimum absolute atomic E-state index is 0.00241. The van der Waals surface area contributed by atoms with Gasteiger partial charge in [-0.15, -0.1) is 0 Å². The highest BCUT2D eigenvalue weighted by Crippen LogP contribution is 2.46. The fourth-order valence-corrected chi connectivity index (χ4v) is 4.88. The van der Waals surface area contributed by atoms with Crippen molar-refractivity contribution in [2.75, 3.05) is 44.2 Å². The lowest BCUT2D eigenvalue weighted by molar-refractivity contribution is -0.141. The molecule has 158 valence electrons. The lowest BCUT2D eigenvalue weighted by Crippen LogP contribution is -2.49. The lowest BCUT2D eigenvalue weighted by Gasteiger charge is -2.36. The number of anilines is 1. The van der Waals surface area contributed by atoms with Gasteiger partial charge in [-0.3, -0.25) is 19.4 Å². The monoisotopic (exact) mass is 409 g/mol. The van der Waals surface area contributed by atoms with E-state index in [0.29, 0.717) is 51.4 Å². The zero-order valence-corrected chi connectivity index (χ0v) is 16.4. The van der Waals surface area contributed by atoms with E-state index in [1.165, 1.54) is 17.0 Å². The second kappa shape index (κ2) is 7.63. The fraction of sp³-hybridized carbons (Fsp3) is 0.619. The number of amides is 2. The van der Waals surface area contributed by atoms with Gasteiger partial charge in [-0.05, 0) is 31.0 Å². The van der Waals surface area contributed by atoms with Crippen molar-refractivity contribution in [2.24, 2.45) is 5.41 Å². The van der Waals surface area contributed by atoms with E-state index in [-0.39, 0.29) is 11.8 Å². The van der Waals surface area contributed by atoms with Crippen molar-refractivity contribution in [1.82, 2.24) is 9.80 Å². The number of carbonyl (C=O) groups is 2. The van der Waals surface area contributed by atoms with Crippen LogP contribution in [0.2, 0.25) is 0 Å². The Morgan fingerprint density at radius 3 is 2.31 bits per heavy atom. The van der Waals surface area contributed by atoms with E-state index in [4.69, 9.17) is 0 Å². The average Bonchev–Trinajstić information content (AvgIpc) is 3.26. The molecule has 0 N–H and O–H groups in total.